The van der Waals surface area contributed by atoms with Crippen LogP contribution in [0.4, 0.5) is 0 Å². The molecule has 0 saturated heterocycles. The first-order chi connectivity index (χ1) is 7.98. The van der Waals surface area contributed by atoms with Crippen LogP contribution in [0.3, 0.4) is 0 Å². The van der Waals surface area contributed by atoms with Crippen LogP contribution in [0.5, 0.6) is 0 Å². The van der Waals surface area contributed by atoms with Gasteiger partial charge in [-0.2, -0.15) is 0 Å². The monoisotopic (exact) mass is 240 g/mol. The van der Waals surface area contributed by atoms with Crippen molar-refractivity contribution in [1.82, 2.24) is 5.73 Å². The van der Waals surface area contributed by atoms with Crippen molar-refractivity contribution in [2.24, 2.45) is 5.41 Å². The molecule has 1 atom stereocenters. The Hall–Kier alpha value is -0.0400. The molecule has 0 saturated carbocycles. The van der Waals surface area contributed by atoms with E-state index in [0.717, 1.165) is 6.42 Å². The largest absolute Gasteiger partial charge is 0.254 e. The maximum atomic E-state index is 8.02. The Labute approximate surface area is 110 Å². The highest BCUT2D eigenvalue weighted by atomic mass is 14.7. The second-order valence-corrected chi connectivity index (χ2v) is 6.54. The lowest BCUT2D eigenvalue weighted by Gasteiger charge is -2.25. The first-order valence-electron chi connectivity index (χ1n) is 7.69. The third-order valence-corrected chi connectivity index (χ3v) is 3.64. The third-order valence-electron chi connectivity index (χ3n) is 3.64. The van der Waals surface area contributed by atoms with Crippen molar-refractivity contribution in [2.75, 3.05) is 0 Å². The first-order valence-corrected chi connectivity index (χ1v) is 7.69. The number of unbranched alkanes of at least 4 members (excludes halogenated alkanes) is 8. The van der Waals surface area contributed by atoms with Crippen molar-refractivity contribution in [3.05, 3.63) is 0 Å². The van der Waals surface area contributed by atoms with Gasteiger partial charge in [0.05, 0.1) is 0 Å². The number of hydrogen-bond acceptors (Lipinski definition) is 0. The second kappa shape index (κ2) is 9.94. The van der Waals surface area contributed by atoms with Gasteiger partial charge in [-0.05, 0) is 11.8 Å². The zero-order valence-corrected chi connectivity index (χ0v) is 12.6. The highest BCUT2D eigenvalue weighted by Crippen LogP contribution is 2.23. The van der Waals surface area contributed by atoms with Crippen LogP contribution in [0, 0.1) is 5.41 Å². The van der Waals surface area contributed by atoms with E-state index in [0.29, 0.717) is 0 Å². The van der Waals surface area contributed by atoms with E-state index >= 15 is 0 Å². The van der Waals surface area contributed by atoms with Gasteiger partial charge in [0.1, 0.15) is 0 Å². The fourth-order valence-corrected chi connectivity index (χ4v) is 2.09. The summed E-state index contributed by atoms with van der Waals surface area (Å²) in [5.41, 5.74) is 8.18. The Morgan fingerprint density at radius 1 is 0.765 bits per heavy atom. The molecule has 0 aromatic heterocycles. The van der Waals surface area contributed by atoms with Crippen molar-refractivity contribution in [1.29, 1.82) is 0 Å². The zero-order chi connectivity index (χ0) is 13.1. The molecule has 0 fully saturated rings. The quantitative estimate of drug-likeness (QED) is 0.444. The maximum Gasteiger partial charge on any atom is 0.0261 e. The summed E-state index contributed by atoms with van der Waals surface area (Å²) in [6, 6.07) is 0.118. The average Bonchev–Trinajstić information content (AvgIpc) is 2.25. The van der Waals surface area contributed by atoms with E-state index in [-0.39, 0.29) is 11.5 Å². The molecule has 0 aromatic carbocycles. The average molecular weight is 240 g/mol. The molecule has 0 aliphatic rings. The topological polar surface area (TPSA) is 23.8 Å². The standard InChI is InChI=1S/C16H34N/c1-5-6-7-8-9-10-11-12-13-14-15(17)16(2,3)4/h15,17H,5-14H2,1-4H3. The van der Waals surface area contributed by atoms with Gasteiger partial charge < -0.3 is 0 Å². The fraction of sp³-hybridized carbons (Fsp3) is 1.00. The first kappa shape index (κ1) is 17.0. The van der Waals surface area contributed by atoms with E-state index in [4.69, 9.17) is 5.73 Å². The van der Waals surface area contributed by atoms with Gasteiger partial charge in [-0.15, -0.1) is 0 Å². The lowest BCUT2D eigenvalue weighted by Crippen LogP contribution is -2.27. The third kappa shape index (κ3) is 10.8. The second-order valence-electron chi connectivity index (χ2n) is 6.54. The van der Waals surface area contributed by atoms with E-state index < -0.39 is 0 Å². The van der Waals surface area contributed by atoms with E-state index in [1.54, 1.807) is 0 Å². The van der Waals surface area contributed by atoms with Gasteiger partial charge in [-0.3, -0.25) is 5.73 Å². The Bertz CT molecular complexity index is 157. The highest BCUT2D eigenvalue weighted by Gasteiger charge is 2.20. The Morgan fingerprint density at radius 2 is 1.18 bits per heavy atom. The molecule has 1 N–H and O–H groups in total. The molecule has 0 heterocycles. The van der Waals surface area contributed by atoms with E-state index in [9.17, 15) is 0 Å². The minimum Gasteiger partial charge on any atom is -0.254 e. The van der Waals surface area contributed by atoms with E-state index in [1.807, 2.05) is 0 Å². The van der Waals surface area contributed by atoms with Crippen LogP contribution in [0.2, 0.25) is 0 Å². The lowest BCUT2D eigenvalue weighted by molar-refractivity contribution is 0.290. The van der Waals surface area contributed by atoms with Crippen LogP contribution in [0.15, 0.2) is 0 Å². The minimum absolute atomic E-state index is 0.118. The SMILES string of the molecule is CCCCCCCCCCCC([NH])C(C)(C)C. The molecule has 0 rings (SSSR count). The molecule has 0 aromatic rings. The molecule has 0 spiro atoms. The summed E-state index contributed by atoms with van der Waals surface area (Å²) in [5.74, 6) is 0. The van der Waals surface area contributed by atoms with Crippen molar-refractivity contribution < 1.29 is 0 Å². The van der Waals surface area contributed by atoms with Gasteiger partial charge >= 0.3 is 0 Å². The number of hydrogen-bond donors (Lipinski definition) is 0. The summed E-state index contributed by atoms with van der Waals surface area (Å²) in [4.78, 5) is 0. The molecule has 17 heavy (non-hydrogen) atoms. The molecule has 1 unspecified atom stereocenters. The van der Waals surface area contributed by atoms with Gasteiger partial charge in [0, 0.05) is 6.04 Å². The van der Waals surface area contributed by atoms with E-state index in [2.05, 4.69) is 27.7 Å². The van der Waals surface area contributed by atoms with Gasteiger partial charge in [0.2, 0.25) is 0 Å². The van der Waals surface area contributed by atoms with Crippen LogP contribution in [-0.2, 0) is 0 Å². The highest BCUT2D eigenvalue weighted by molar-refractivity contribution is 4.75. The molecule has 103 valence electrons. The van der Waals surface area contributed by atoms with Crippen LogP contribution in [0.1, 0.15) is 91.9 Å². The van der Waals surface area contributed by atoms with Gasteiger partial charge in [-0.1, -0.05) is 85.5 Å². The van der Waals surface area contributed by atoms with Crippen molar-refractivity contribution in [3.63, 3.8) is 0 Å². The van der Waals surface area contributed by atoms with Crippen molar-refractivity contribution in [3.8, 4) is 0 Å². The Morgan fingerprint density at radius 3 is 1.59 bits per heavy atom. The van der Waals surface area contributed by atoms with E-state index in [1.165, 1.54) is 57.8 Å². The smallest absolute Gasteiger partial charge is 0.0261 e. The zero-order valence-electron chi connectivity index (χ0n) is 12.6. The van der Waals surface area contributed by atoms with Gasteiger partial charge in [0.25, 0.3) is 0 Å². The van der Waals surface area contributed by atoms with Crippen LogP contribution in [0.25, 0.3) is 0 Å². The normalized spacial score (nSPS) is 13.9. The number of rotatable bonds is 10. The van der Waals surface area contributed by atoms with Gasteiger partial charge in [-0.25, -0.2) is 0 Å². The van der Waals surface area contributed by atoms with Crippen LogP contribution < -0.4 is 5.73 Å². The predicted octanol–water partition coefficient (Wildman–Crippen LogP) is 5.60. The van der Waals surface area contributed by atoms with Crippen LogP contribution in [-0.4, -0.2) is 6.04 Å². The Balaban J connectivity index is 3.19. The Kier molecular flexibility index (Phi) is 9.91. The molecule has 0 amide bonds. The maximum absolute atomic E-state index is 8.02. The molecule has 0 aliphatic carbocycles. The molecule has 1 nitrogen and oxygen atoms in total. The molecule has 1 radical (unpaired) electrons. The summed E-state index contributed by atoms with van der Waals surface area (Å²) in [7, 11) is 0. The summed E-state index contributed by atoms with van der Waals surface area (Å²) < 4.78 is 0. The summed E-state index contributed by atoms with van der Waals surface area (Å²) in [6.45, 7) is 8.81. The van der Waals surface area contributed by atoms with Crippen molar-refractivity contribution >= 4 is 0 Å². The summed E-state index contributed by atoms with van der Waals surface area (Å²) in [6.07, 6.45) is 13.5. The molecule has 0 bridgehead atoms. The molecular weight excluding hydrogens is 206 g/mol. The lowest BCUT2D eigenvalue weighted by atomic mass is 9.84. The fourth-order valence-electron chi connectivity index (χ4n) is 2.09. The molecule has 1 heteroatoms. The summed E-state index contributed by atoms with van der Waals surface area (Å²) >= 11 is 0. The predicted molar refractivity (Wildman–Crippen MR) is 78.2 cm³/mol. The molecular formula is C16H34N. The summed E-state index contributed by atoms with van der Waals surface area (Å²) in [5, 5.41) is 0. The van der Waals surface area contributed by atoms with Gasteiger partial charge in [0.15, 0.2) is 0 Å². The minimum atomic E-state index is 0.118. The number of nitrogens with one attached hydrogen (secondary N) is 1. The molecule has 0 aliphatic heterocycles. The van der Waals surface area contributed by atoms with Crippen LogP contribution >= 0.6 is 0 Å². The van der Waals surface area contributed by atoms with Crippen molar-refractivity contribution in [2.45, 2.75) is 97.9 Å².